The van der Waals surface area contributed by atoms with E-state index in [1.54, 1.807) is 11.3 Å². The van der Waals surface area contributed by atoms with E-state index in [0.29, 0.717) is 24.5 Å². The molecule has 1 fully saturated rings. The van der Waals surface area contributed by atoms with Crippen molar-refractivity contribution in [1.29, 1.82) is 0 Å². The number of benzene rings is 2. The number of amides is 2. The van der Waals surface area contributed by atoms with E-state index in [9.17, 15) is 9.59 Å². The fourth-order valence-corrected chi connectivity index (χ4v) is 5.39. The van der Waals surface area contributed by atoms with Crippen LogP contribution in [0.15, 0.2) is 60.7 Å². The SMILES string of the molecule is Cc1nc(C(=O)N2CCCCC2CNC(=O)c2cc3ccccc3[nH]2)c(-c2ccccc2)s1. The van der Waals surface area contributed by atoms with E-state index in [2.05, 4.69) is 15.3 Å². The lowest BCUT2D eigenvalue weighted by atomic mass is 10.0. The number of hydrogen-bond acceptors (Lipinski definition) is 4. The molecule has 1 atom stereocenters. The fourth-order valence-electron chi connectivity index (χ4n) is 4.47. The molecule has 33 heavy (non-hydrogen) atoms. The summed E-state index contributed by atoms with van der Waals surface area (Å²) in [5, 5.41) is 4.91. The van der Waals surface area contributed by atoms with Crippen molar-refractivity contribution in [3.8, 4) is 10.4 Å². The number of thiazole rings is 1. The molecule has 0 spiro atoms. The van der Waals surface area contributed by atoms with E-state index in [-0.39, 0.29) is 17.9 Å². The largest absolute Gasteiger partial charge is 0.351 e. The lowest BCUT2D eigenvalue weighted by Crippen LogP contribution is -2.49. The van der Waals surface area contributed by atoms with E-state index in [1.165, 1.54) is 0 Å². The monoisotopic (exact) mass is 458 g/mol. The lowest BCUT2D eigenvalue weighted by molar-refractivity contribution is 0.0598. The van der Waals surface area contributed by atoms with Crippen LogP contribution in [-0.4, -0.2) is 45.8 Å². The van der Waals surface area contributed by atoms with Crippen LogP contribution in [0.25, 0.3) is 21.3 Å². The zero-order valence-electron chi connectivity index (χ0n) is 18.5. The maximum atomic E-state index is 13.6. The second-order valence-corrected chi connectivity index (χ2v) is 9.61. The first-order valence-electron chi connectivity index (χ1n) is 11.3. The predicted molar refractivity (Wildman–Crippen MR) is 132 cm³/mol. The number of fused-ring (bicyclic) bond motifs is 1. The summed E-state index contributed by atoms with van der Waals surface area (Å²) in [5.41, 5.74) is 2.99. The van der Waals surface area contributed by atoms with Crippen molar-refractivity contribution in [1.82, 2.24) is 20.2 Å². The van der Waals surface area contributed by atoms with Crippen molar-refractivity contribution in [2.24, 2.45) is 0 Å². The van der Waals surface area contributed by atoms with E-state index in [0.717, 1.165) is 45.6 Å². The summed E-state index contributed by atoms with van der Waals surface area (Å²) >= 11 is 1.55. The van der Waals surface area contributed by atoms with Crippen molar-refractivity contribution in [2.45, 2.75) is 32.2 Å². The van der Waals surface area contributed by atoms with Crippen molar-refractivity contribution in [2.75, 3.05) is 13.1 Å². The zero-order valence-corrected chi connectivity index (χ0v) is 19.3. The van der Waals surface area contributed by atoms with E-state index in [4.69, 9.17) is 0 Å². The molecule has 2 amide bonds. The van der Waals surface area contributed by atoms with Crippen LogP contribution in [0, 0.1) is 6.92 Å². The van der Waals surface area contributed by atoms with Gasteiger partial charge in [-0.25, -0.2) is 4.98 Å². The molecule has 2 aromatic heterocycles. The van der Waals surface area contributed by atoms with Gasteiger partial charge in [0.05, 0.1) is 9.88 Å². The maximum absolute atomic E-state index is 13.6. The molecule has 0 bridgehead atoms. The van der Waals surface area contributed by atoms with E-state index >= 15 is 0 Å². The quantitative estimate of drug-likeness (QED) is 0.441. The van der Waals surface area contributed by atoms with Crippen molar-refractivity contribution >= 4 is 34.1 Å². The molecule has 3 heterocycles. The Balaban J connectivity index is 1.33. The van der Waals surface area contributed by atoms with Gasteiger partial charge in [0.15, 0.2) is 0 Å². The number of hydrogen-bond donors (Lipinski definition) is 2. The van der Waals surface area contributed by atoms with Crippen LogP contribution in [0.5, 0.6) is 0 Å². The highest BCUT2D eigenvalue weighted by Crippen LogP contribution is 2.32. The Kier molecular flexibility index (Phi) is 5.96. The summed E-state index contributed by atoms with van der Waals surface area (Å²) in [6.07, 6.45) is 2.86. The van der Waals surface area contributed by atoms with Gasteiger partial charge >= 0.3 is 0 Å². The molecule has 2 aromatic carbocycles. The zero-order chi connectivity index (χ0) is 22.8. The highest BCUT2D eigenvalue weighted by Gasteiger charge is 2.31. The smallest absolute Gasteiger partial charge is 0.274 e. The van der Waals surface area contributed by atoms with Gasteiger partial charge in [-0.2, -0.15) is 0 Å². The van der Waals surface area contributed by atoms with Crippen LogP contribution in [0.4, 0.5) is 0 Å². The second kappa shape index (κ2) is 9.19. The Morgan fingerprint density at radius 2 is 1.91 bits per heavy atom. The highest BCUT2D eigenvalue weighted by atomic mass is 32.1. The number of carbonyl (C=O) groups excluding carboxylic acids is 2. The van der Waals surface area contributed by atoms with Crippen LogP contribution >= 0.6 is 11.3 Å². The highest BCUT2D eigenvalue weighted by molar-refractivity contribution is 7.15. The Bertz CT molecular complexity index is 1260. The topological polar surface area (TPSA) is 78.1 Å². The molecule has 1 saturated heterocycles. The minimum atomic E-state index is -0.154. The number of H-pyrrole nitrogens is 1. The molecule has 1 aliphatic heterocycles. The van der Waals surface area contributed by atoms with Gasteiger partial charge < -0.3 is 15.2 Å². The van der Waals surface area contributed by atoms with Gasteiger partial charge in [0.25, 0.3) is 11.8 Å². The molecule has 0 radical (unpaired) electrons. The van der Waals surface area contributed by atoms with Crippen LogP contribution in [0.3, 0.4) is 0 Å². The Morgan fingerprint density at radius 3 is 2.73 bits per heavy atom. The molecule has 5 rings (SSSR count). The van der Waals surface area contributed by atoms with Crippen molar-refractivity contribution < 1.29 is 9.59 Å². The number of para-hydroxylation sites is 1. The number of aromatic nitrogens is 2. The number of nitrogens with one attached hydrogen (secondary N) is 2. The molecule has 1 unspecified atom stereocenters. The van der Waals surface area contributed by atoms with Gasteiger partial charge in [0, 0.05) is 30.0 Å². The van der Waals surface area contributed by atoms with E-state index in [1.807, 2.05) is 72.5 Å². The third-order valence-corrected chi connectivity index (χ3v) is 7.15. The normalized spacial score (nSPS) is 16.2. The average Bonchev–Trinajstić information content (AvgIpc) is 3.46. The summed E-state index contributed by atoms with van der Waals surface area (Å²) in [4.78, 5) is 37.0. The molecule has 1 aliphatic rings. The summed E-state index contributed by atoms with van der Waals surface area (Å²) < 4.78 is 0. The standard InChI is InChI=1S/C26H26N4O2S/c1-17-28-23(24(33-17)18-9-3-2-4-10-18)26(32)30-14-8-7-12-20(30)16-27-25(31)22-15-19-11-5-6-13-21(19)29-22/h2-6,9-11,13,15,20,29H,7-8,12,14,16H2,1H3,(H,27,31). The number of piperidine rings is 1. The van der Waals surface area contributed by atoms with Gasteiger partial charge in [-0.1, -0.05) is 48.5 Å². The van der Waals surface area contributed by atoms with E-state index < -0.39 is 0 Å². The molecule has 0 aliphatic carbocycles. The summed E-state index contributed by atoms with van der Waals surface area (Å²) in [5.74, 6) is -0.207. The Hall–Kier alpha value is -3.45. The van der Waals surface area contributed by atoms with Crippen LogP contribution in [0.1, 0.15) is 45.2 Å². The lowest BCUT2D eigenvalue weighted by Gasteiger charge is -2.35. The molecule has 7 heteroatoms. The molecule has 4 aromatic rings. The summed E-state index contributed by atoms with van der Waals surface area (Å²) in [6.45, 7) is 3.03. The molecular formula is C26H26N4O2S. The number of aryl methyl sites for hydroxylation is 1. The fraction of sp³-hybridized carbons (Fsp3) is 0.269. The first kappa shape index (κ1) is 21.4. The Labute approximate surface area is 196 Å². The first-order chi connectivity index (χ1) is 16.1. The first-order valence-corrected chi connectivity index (χ1v) is 12.1. The number of aromatic amines is 1. The predicted octanol–water partition coefficient (Wildman–Crippen LogP) is 5.02. The van der Waals surface area contributed by atoms with Crippen LogP contribution in [0.2, 0.25) is 0 Å². The van der Waals surface area contributed by atoms with Crippen molar-refractivity contribution in [3.05, 3.63) is 77.1 Å². The Morgan fingerprint density at radius 1 is 1.12 bits per heavy atom. The molecule has 2 N–H and O–H groups in total. The summed E-state index contributed by atoms with van der Waals surface area (Å²) in [7, 11) is 0. The molecule has 0 saturated carbocycles. The molecule has 168 valence electrons. The molecular weight excluding hydrogens is 432 g/mol. The molecule has 6 nitrogen and oxygen atoms in total. The minimum absolute atomic E-state index is 0.0507. The van der Waals surface area contributed by atoms with Gasteiger partial charge in [-0.3, -0.25) is 9.59 Å². The van der Waals surface area contributed by atoms with Gasteiger partial charge in [0.2, 0.25) is 0 Å². The third kappa shape index (κ3) is 4.41. The van der Waals surface area contributed by atoms with Gasteiger partial charge in [-0.05, 0) is 43.9 Å². The summed E-state index contributed by atoms with van der Waals surface area (Å²) in [6, 6.07) is 19.6. The van der Waals surface area contributed by atoms with Crippen molar-refractivity contribution in [3.63, 3.8) is 0 Å². The second-order valence-electron chi connectivity index (χ2n) is 8.41. The number of rotatable bonds is 5. The minimum Gasteiger partial charge on any atom is -0.351 e. The number of likely N-dealkylation sites (tertiary alicyclic amines) is 1. The average molecular weight is 459 g/mol. The number of nitrogens with zero attached hydrogens (tertiary/aromatic N) is 2. The van der Waals surface area contributed by atoms with Crippen LogP contribution in [-0.2, 0) is 0 Å². The third-order valence-electron chi connectivity index (χ3n) is 6.13. The maximum Gasteiger partial charge on any atom is 0.274 e. The number of carbonyl (C=O) groups is 2. The van der Waals surface area contributed by atoms with Gasteiger partial charge in [-0.15, -0.1) is 11.3 Å². The van der Waals surface area contributed by atoms with Gasteiger partial charge in [0.1, 0.15) is 11.4 Å². The van der Waals surface area contributed by atoms with Crippen LogP contribution < -0.4 is 5.32 Å².